The standard InChI is InChI=1S/C19H16Cl2N6OS/c1-9-8-29-19(23-9)26-17(28)15-7-27-16(12-4-3-11(20)5-14(12)21)13(6-22)10(2)24-18(27)25-15/h3-5,7-8H,6,22H2,1-2H3,(H,23,26,28). The second kappa shape index (κ2) is 7.72. The summed E-state index contributed by atoms with van der Waals surface area (Å²) in [5.74, 6) is 0.00569. The minimum absolute atomic E-state index is 0.213. The molecule has 4 rings (SSSR count). The van der Waals surface area contributed by atoms with Crippen molar-refractivity contribution in [2.45, 2.75) is 20.4 Å². The molecular weight excluding hydrogens is 431 g/mol. The molecule has 0 saturated heterocycles. The van der Waals surface area contributed by atoms with E-state index in [0.717, 1.165) is 22.5 Å². The third-order valence-electron chi connectivity index (χ3n) is 4.38. The van der Waals surface area contributed by atoms with Crippen molar-refractivity contribution in [3.05, 3.63) is 62.5 Å². The summed E-state index contributed by atoms with van der Waals surface area (Å²) in [6.07, 6.45) is 1.62. The van der Waals surface area contributed by atoms with E-state index >= 15 is 0 Å². The zero-order chi connectivity index (χ0) is 20.7. The number of hydrogen-bond acceptors (Lipinski definition) is 6. The van der Waals surface area contributed by atoms with Gasteiger partial charge in [0.25, 0.3) is 5.91 Å². The first-order valence-electron chi connectivity index (χ1n) is 8.65. The van der Waals surface area contributed by atoms with Crippen molar-refractivity contribution in [1.29, 1.82) is 0 Å². The number of imidazole rings is 1. The Hall–Kier alpha value is -2.52. The molecular formula is C19H16Cl2N6OS. The van der Waals surface area contributed by atoms with Gasteiger partial charge in [-0.25, -0.2) is 15.0 Å². The van der Waals surface area contributed by atoms with Crippen LogP contribution in [0.2, 0.25) is 10.0 Å². The van der Waals surface area contributed by atoms with Gasteiger partial charge in [-0.1, -0.05) is 23.2 Å². The van der Waals surface area contributed by atoms with Crippen LogP contribution < -0.4 is 11.1 Å². The van der Waals surface area contributed by atoms with Crippen molar-refractivity contribution in [2.24, 2.45) is 5.73 Å². The van der Waals surface area contributed by atoms with Crippen molar-refractivity contribution >= 4 is 51.4 Å². The molecule has 1 aromatic carbocycles. The summed E-state index contributed by atoms with van der Waals surface area (Å²) in [6.45, 7) is 3.96. The first kappa shape index (κ1) is 19.8. The van der Waals surface area contributed by atoms with Gasteiger partial charge in [0.2, 0.25) is 5.78 Å². The second-order valence-corrected chi connectivity index (χ2v) is 8.10. The quantitative estimate of drug-likeness (QED) is 0.481. The molecule has 3 N–H and O–H groups in total. The summed E-state index contributed by atoms with van der Waals surface area (Å²) < 4.78 is 1.73. The lowest BCUT2D eigenvalue weighted by Gasteiger charge is -2.14. The number of carbonyl (C=O) groups excluding carboxylic acids is 1. The van der Waals surface area contributed by atoms with Gasteiger partial charge in [-0.15, -0.1) is 11.3 Å². The Morgan fingerprint density at radius 3 is 2.69 bits per heavy atom. The van der Waals surface area contributed by atoms with Crippen molar-refractivity contribution in [3.63, 3.8) is 0 Å². The molecule has 3 heterocycles. The highest BCUT2D eigenvalue weighted by molar-refractivity contribution is 7.13. The molecule has 0 unspecified atom stereocenters. The summed E-state index contributed by atoms with van der Waals surface area (Å²) in [5, 5.41) is 6.13. The topological polar surface area (TPSA) is 98.2 Å². The second-order valence-electron chi connectivity index (χ2n) is 6.40. The minimum atomic E-state index is -0.370. The third kappa shape index (κ3) is 3.72. The van der Waals surface area contributed by atoms with Gasteiger partial charge in [-0.3, -0.25) is 14.5 Å². The number of benzene rings is 1. The number of hydrogen-bond donors (Lipinski definition) is 2. The van der Waals surface area contributed by atoms with E-state index < -0.39 is 0 Å². The number of amides is 1. The number of halogens is 2. The fourth-order valence-electron chi connectivity index (χ4n) is 3.05. The van der Waals surface area contributed by atoms with E-state index in [1.807, 2.05) is 25.3 Å². The van der Waals surface area contributed by atoms with Gasteiger partial charge in [0, 0.05) is 40.0 Å². The van der Waals surface area contributed by atoms with E-state index in [2.05, 4.69) is 20.3 Å². The van der Waals surface area contributed by atoms with Crippen LogP contribution >= 0.6 is 34.5 Å². The van der Waals surface area contributed by atoms with Crippen LogP contribution in [0.5, 0.6) is 0 Å². The fourth-order valence-corrected chi connectivity index (χ4v) is 4.23. The Kier molecular flexibility index (Phi) is 5.26. The Morgan fingerprint density at radius 1 is 1.24 bits per heavy atom. The number of thiazole rings is 1. The number of nitrogens with zero attached hydrogens (tertiary/aromatic N) is 4. The molecule has 29 heavy (non-hydrogen) atoms. The van der Waals surface area contributed by atoms with Gasteiger partial charge in [0.1, 0.15) is 5.69 Å². The molecule has 0 radical (unpaired) electrons. The Morgan fingerprint density at radius 2 is 2.03 bits per heavy atom. The van der Waals surface area contributed by atoms with Gasteiger partial charge >= 0.3 is 0 Å². The van der Waals surface area contributed by atoms with Crippen LogP contribution in [0.25, 0.3) is 17.0 Å². The van der Waals surface area contributed by atoms with Crippen LogP contribution in [0.15, 0.2) is 29.8 Å². The Bertz CT molecular complexity index is 1250. The van der Waals surface area contributed by atoms with E-state index in [-0.39, 0.29) is 18.1 Å². The van der Waals surface area contributed by atoms with E-state index in [1.54, 1.807) is 22.7 Å². The van der Waals surface area contributed by atoms with Crippen molar-refractivity contribution in [2.75, 3.05) is 5.32 Å². The van der Waals surface area contributed by atoms with Crippen LogP contribution in [0.4, 0.5) is 5.13 Å². The molecule has 0 aliphatic carbocycles. The van der Waals surface area contributed by atoms with E-state index in [0.29, 0.717) is 26.6 Å². The van der Waals surface area contributed by atoms with E-state index in [1.165, 1.54) is 11.3 Å². The number of rotatable bonds is 4. The number of fused-ring (bicyclic) bond motifs is 1. The largest absolute Gasteiger partial charge is 0.326 e. The molecule has 0 spiro atoms. The summed E-state index contributed by atoms with van der Waals surface area (Å²) in [6, 6.07) is 5.23. The SMILES string of the molecule is Cc1csc(NC(=O)c2cn3c(-c4ccc(Cl)cc4Cl)c(CN)c(C)nc3n2)n1. The predicted octanol–water partition coefficient (Wildman–Crippen LogP) is 4.49. The van der Waals surface area contributed by atoms with Crippen LogP contribution in [-0.2, 0) is 6.54 Å². The van der Waals surface area contributed by atoms with Gasteiger partial charge in [-0.05, 0) is 32.0 Å². The van der Waals surface area contributed by atoms with E-state index in [4.69, 9.17) is 28.9 Å². The average molecular weight is 447 g/mol. The van der Waals surface area contributed by atoms with Gasteiger partial charge in [0.15, 0.2) is 5.13 Å². The highest BCUT2D eigenvalue weighted by Crippen LogP contribution is 2.34. The highest BCUT2D eigenvalue weighted by atomic mass is 35.5. The first-order chi connectivity index (χ1) is 13.9. The number of aromatic nitrogens is 4. The van der Waals surface area contributed by atoms with Crippen LogP contribution in [0.3, 0.4) is 0 Å². The van der Waals surface area contributed by atoms with Crippen LogP contribution in [-0.4, -0.2) is 25.3 Å². The smallest absolute Gasteiger partial charge is 0.277 e. The summed E-state index contributed by atoms with van der Waals surface area (Å²) in [5.41, 5.74) is 10.0. The zero-order valence-corrected chi connectivity index (χ0v) is 17.9. The molecule has 1 amide bonds. The lowest BCUT2D eigenvalue weighted by Crippen LogP contribution is -2.12. The maximum Gasteiger partial charge on any atom is 0.277 e. The summed E-state index contributed by atoms with van der Waals surface area (Å²) in [4.78, 5) is 25.8. The predicted molar refractivity (Wildman–Crippen MR) is 116 cm³/mol. The number of anilines is 1. The Labute approximate surface area is 180 Å². The maximum absolute atomic E-state index is 12.7. The van der Waals surface area contributed by atoms with Crippen molar-refractivity contribution < 1.29 is 4.79 Å². The number of nitrogens with one attached hydrogen (secondary N) is 1. The van der Waals surface area contributed by atoms with E-state index in [9.17, 15) is 4.79 Å². The molecule has 4 aromatic rings. The maximum atomic E-state index is 12.7. The molecule has 0 atom stereocenters. The van der Waals surface area contributed by atoms with Gasteiger partial charge in [0.05, 0.1) is 16.4 Å². The highest BCUT2D eigenvalue weighted by Gasteiger charge is 2.20. The van der Waals surface area contributed by atoms with Crippen LogP contribution in [0.1, 0.15) is 27.4 Å². The van der Waals surface area contributed by atoms with Gasteiger partial charge < -0.3 is 5.73 Å². The number of carbonyl (C=O) groups is 1. The fraction of sp³-hybridized carbons (Fsp3) is 0.158. The molecule has 0 saturated carbocycles. The third-order valence-corrected chi connectivity index (χ3v) is 5.80. The molecule has 7 nitrogen and oxygen atoms in total. The summed E-state index contributed by atoms with van der Waals surface area (Å²) in [7, 11) is 0. The molecule has 3 aromatic heterocycles. The lowest BCUT2D eigenvalue weighted by molar-refractivity contribution is 0.102. The van der Waals surface area contributed by atoms with Crippen molar-refractivity contribution in [3.8, 4) is 11.3 Å². The lowest BCUT2D eigenvalue weighted by atomic mass is 10.0. The normalized spacial score (nSPS) is 11.2. The molecule has 10 heteroatoms. The zero-order valence-electron chi connectivity index (χ0n) is 15.5. The van der Waals surface area contributed by atoms with Gasteiger partial charge in [-0.2, -0.15) is 0 Å². The molecule has 0 aliphatic heterocycles. The number of nitrogens with two attached hydrogens (primary N) is 1. The minimum Gasteiger partial charge on any atom is -0.326 e. The van der Waals surface area contributed by atoms with Crippen LogP contribution in [0, 0.1) is 13.8 Å². The molecule has 148 valence electrons. The number of aryl methyl sites for hydroxylation is 2. The monoisotopic (exact) mass is 446 g/mol. The summed E-state index contributed by atoms with van der Waals surface area (Å²) >= 11 is 13.9. The molecule has 0 aliphatic rings. The molecule has 0 bridgehead atoms. The average Bonchev–Trinajstić information content (AvgIpc) is 3.27. The van der Waals surface area contributed by atoms with Crippen molar-refractivity contribution in [1.82, 2.24) is 19.4 Å². The molecule has 0 fully saturated rings. The Balaban J connectivity index is 1.86. The first-order valence-corrected chi connectivity index (χ1v) is 10.3.